The van der Waals surface area contributed by atoms with Crippen LogP contribution >= 0.6 is 0 Å². The first kappa shape index (κ1) is 18.2. The van der Waals surface area contributed by atoms with Crippen molar-refractivity contribution in [3.8, 4) is 5.75 Å². The first-order chi connectivity index (χ1) is 12.8. The minimum Gasteiger partial charge on any atom is -0.487 e. The highest BCUT2D eigenvalue weighted by Crippen LogP contribution is 2.35. The van der Waals surface area contributed by atoms with Crippen LogP contribution < -0.4 is 10.3 Å². The number of nitrogens with zero attached hydrogens (tertiary/aromatic N) is 4. The molecule has 2 aromatic heterocycles. The maximum Gasteiger partial charge on any atom is 0.262 e. The molecular formula is C18H24N4O4S. The third kappa shape index (κ3) is 3.41. The number of aryl methyl sites for hydroxylation is 1. The SMILES string of the molecule is Cc1cc(OC2CN(S(=O)(=O)c3cn(C(C)C)cn3)C2)cc(=O)n1C1CC1. The highest BCUT2D eigenvalue weighted by Gasteiger charge is 2.39. The van der Waals surface area contributed by atoms with Crippen molar-refractivity contribution in [1.29, 1.82) is 0 Å². The summed E-state index contributed by atoms with van der Waals surface area (Å²) in [6.07, 6.45) is 4.91. The standard InChI is InChI=1S/C18H24N4O4S/c1-12(2)20-10-17(19-11-20)27(24,25)21-8-16(9-21)26-15-6-13(3)22(14-4-5-14)18(23)7-15/h6-7,10-12,14,16H,4-5,8-9H2,1-3H3. The summed E-state index contributed by atoms with van der Waals surface area (Å²) in [5, 5.41) is 0.0533. The quantitative estimate of drug-likeness (QED) is 0.747. The molecule has 0 aromatic carbocycles. The summed E-state index contributed by atoms with van der Waals surface area (Å²) in [6, 6.07) is 3.81. The minimum atomic E-state index is -3.61. The minimum absolute atomic E-state index is 0.0533. The fraction of sp³-hybridized carbons (Fsp3) is 0.556. The molecule has 9 heteroatoms. The summed E-state index contributed by atoms with van der Waals surface area (Å²) >= 11 is 0. The van der Waals surface area contributed by atoms with Gasteiger partial charge in [0, 0.05) is 30.0 Å². The van der Waals surface area contributed by atoms with E-state index in [9.17, 15) is 13.2 Å². The Hall–Kier alpha value is -2.13. The number of ether oxygens (including phenoxy) is 1. The molecule has 1 saturated heterocycles. The van der Waals surface area contributed by atoms with E-state index in [0.717, 1.165) is 18.5 Å². The van der Waals surface area contributed by atoms with Crippen molar-refractivity contribution in [3.63, 3.8) is 0 Å². The molecule has 1 saturated carbocycles. The number of rotatable bonds is 6. The molecule has 27 heavy (non-hydrogen) atoms. The number of pyridine rings is 1. The van der Waals surface area contributed by atoms with Gasteiger partial charge in [-0.1, -0.05) is 0 Å². The topological polar surface area (TPSA) is 86.4 Å². The zero-order chi connectivity index (χ0) is 19.3. The molecular weight excluding hydrogens is 368 g/mol. The monoisotopic (exact) mass is 392 g/mol. The molecule has 1 aliphatic heterocycles. The lowest BCUT2D eigenvalue weighted by Gasteiger charge is -2.37. The van der Waals surface area contributed by atoms with Crippen LogP contribution in [0, 0.1) is 6.92 Å². The second-order valence-corrected chi connectivity index (χ2v) is 9.47. The smallest absolute Gasteiger partial charge is 0.262 e. The Kier molecular flexibility index (Phi) is 4.38. The van der Waals surface area contributed by atoms with Crippen LogP contribution in [0.3, 0.4) is 0 Å². The van der Waals surface area contributed by atoms with Crippen molar-refractivity contribution in [2.75, 3.05) is 13.1 Å². The highest BCUT2D eigenvalue weighted by molar-refractivity contribution is 7.89. The second-order valence-electron chi connectivity index (χ2n) is 7.59. The number of imidazole rings is 1. The predicted octanol–water partition coefficient (Wildman–Crippen LogP) is 1.72. The average molecular weight is 392 g/mol. The summed E-state index contributed by atoms with van der Waals surface area (Å²) in [4.78, 5) is 16.3. The molecule has 0 atom stereocenters. The van der Waals surface area contributed by atoms with Gasteiger partial charge >= 0.3 is 0 Å². The first-order valence-electron chi connectivity index (χ1n) is 9.19. The largest absolute Gasteiger partial charge is 0.487 e. The van der Waals surface area contributed by atoms with Gasteiger partial charge in [-0.2, -0.15) is 4.31 Å². The summed E-state index contributed by atoms with van der Waals surface area (Å²) in [5.74, 6) is 0.500. The van der Waals surface area contributed by atoms with E-state index in [-0.39, 0.29) is 35.8 Å². The molecule has 1 aliphatic carbocycles. The third-order valence-electron chi connectivity index (χ3n) is 5.04. The molecule has 2 aromatic rings. The van der Waals surface area contributed by atoms with Crippen LogP contribution in [0.25, 0.3) is 0 Å². The van der Waals surface area contributed by atoms with E-state index in [1.54, 1.807) is 15.3 Å². The maximum atomic E-state index is 12.6. The Balaban J connectivity index is 1.41. The summed E-state index contributed by atoms with van der Waals surface area (Å²) < 4.78 is 36.0. The molecule has 2 aliphatic rings. The van der Waals surface area contributed by atoms with E-state index < -0.39 is 10.0 Å². The Morgan fingerprint density at radius 1 is 1.22 bits per heavy atom. The van der Waals surface area contributed by atoms with Crippen molar-refractivity contribution in [1.82, 2.24) is 18.4 Å². The Bertz CT molecular complexity index is 1010. The van der Waals surface area contributed by atoms with Gasteiger partial charge in [0.1, 0.15) is 11.9 Å². The van der Waals surface area contributed by atoms with E-state index >= 15 is 0 Å². The lowest BCUT2D eigenvalue weighted by atomic mass is 10.2. The van der Waals surface area contributed by atoms with Gasteiger partial charge < -0.3 is 13.9 Å². The summed E-state index contributed by atoms with van der Waals surface area (Å²) in [5.41, 5.74) is 0.818. The zero-order valence-electron chi connectivity index (χ0n) is 15.7. The van der Waals surface area contributed by atoms with Crippen LogP contribution in [0.1, 0.15) is 44.5 Å². The maximum absolute atomic E-state index is 12.6. The second kappa shape index (κ2) is 6.49. The van der Waals surface area contributed by atoms with Crippen molar-refractivity contribution in [2.45, 2.75) is 56.8 Å². The Labute approximate surface area is 158 Å². The van der Waals surface area contributed by atoms with Crippen LogP contribution in [-0.2, 0) is 10.0 Å². The first-order valence-corrected chi connectivity index (χ1v) is 10.6. The number of aromatic nitrogens is 3. The summed E-state index contributed by atoms with van der Waals surface area (Å²) in [6.45, 7) is 6.33. The Morgan fingerprint density at radius 2 is 1.93 bits per heavy atom. The van der Waals surface area contributed by atoms with Gasteiger partial charge in [0.05, 0.1) is 19.4 Å². The molecule has 0 amide bonds. The van der Waals surface area contributed by atoms with E-state index in [1.807, 2.05) is 26.8 Å². The predicted molar refractivity (Wildman–Crippen MR) is 99.5 cm³/mol. The van der Waals surface area contributed by atoms with Gasteiger partial charge in [-0.3, -0.25) is 4.79 Å². The molecule has 0 unspecified atom stereocenters. The normalized spacial score (nSPS) is 18.7. The molecule has 2 fully saturated rings. The van der Waals surface area contributed by atoms with Gasteiger partial charge in [-0.05, 0) is 39.7 Å². The highest BCUT2D eigenvalue weighted by atomic mass is 32.2. The van der Waals surface area contributed by atoms with Crippen molar-refractivity contribution in [3.05, 3.63) is 40.7 Å². The van der Waals surface area contributed by atoms with E-state index in [1.165, 1.54) is 16.7 Å². The van der Waals surface area contributed by atoms with Crippen LogP contribution in [0.2, 0.25) is 0 Å². The fourth-order valence-corrected chi connectivity index (χ4v) is 4.71. The molecule has 146 valence electrons. The fourth-order valence-electron chi connectivity index (χ4n) is 3.28. The van der Waals surface area contributed by atoms with Gasteiger partial charge in [0.15, 0.2) is 5.03 Å². The van der Waals surface area contributed by atoms with Crippen molar-refractivity contribution >= 4 is 10.0 Å². The van der Waals surface area contributed by atoms with Gasteiger partial charge in [-0.15, -0.1) is 0 Å². The molecule has 8 nitrogen and oxygen atoms in total. The van der Waals surface area contributed by atoms with Gasteiger partial charge in [0.25, 0.3) is 15.6 Å². The molecule has 4 rings (SSSR count). The number of hydrogen-bond donors (Lipinski definition) is 0. The van der Waals surface area contributed by atoms with Crippen molar-refractivity contribution < 1.29 is 13.2 Å². The van der Waals surface area contributed by atoms with E-state index in [4.69, 9.17) is 4.74 Å². The Morgan fingerprint density at radius 3 is 2.48 bits per heavy atom. The van der Waals surface area contributed by atoms with Gasteiger partial charge in [-0.25, -0.2) is 13.4 Å². The molecule has 0 radical (unpaired) electrons. The van der Waals surface area contributed by atoms with Crippen LogP contribution in [0.5, 0.6) is 5.75 Å². The summed E-state index contributed by atoms with van der Waals surface area (Å²) in [7, 11) is -3.61. The number of sulfonamides is 1. The number of hydrogen-bond acceptors (Lipinski definition) is 5. The van der Waals surface area contributed by atoms with E-state index in [2.05, 4.69) is 4.98 Å². The van der Waals surface area contributed by atoms with Crippen LogP contribution in [0.15, 0.2) is 34.5 Å². The molecule has 0 bridgehead atoms. The van der Waals surface area contributed by atoms with Crippen LogP contribution in [0.4, 0.5) is 0 Å². The molecule has 0 N–H and O–H groups in total. The van der Waals surface area contributed by atoms with Crippen molar-refractivity contribution in [2.24, 2.45) is 0 Å². The lowest BCUT2D eigenvalue weighted by molar-refractivity contribution is 0.0757. The van der Waals surface area contributed by atoms with Crippen LogP contribution in [-0.4, -0.2) is 46.0 Å². The molecule has 3 heterocycles. The average Bonchev–Trinajstić information content (AvgIpc) is 3.22. The molecule has 0 spiro atoms. The lowest BCUT2D eigenvalue weighted by Crippen LogP contribution is -2.56. The van der Waals surface area contributed by atoms with Gasteiger partial charge in [0.2, 0.25) is 0 Å². The zero-order valence-corrected chi connectivity index (χ0v) is 16.5. The van der Waals surface area contributed by atoms with E-state index in [0.29, 0.717) is 11.8 Å². The third-order valence-corrected chi connectivity index (χ3v) is 6.76.